The molecule has 0 aliphatic carbocycles. The van der Waals surface area contributed by atoms with Crippen LogP contribution in [0, 0.1) is 3.57 Å². The molecule has 0 saturated carbocycles. The molecule has 2 aromatic rings. The van der Waals surface area contributed by atoms with Crippen molar-refractivity contribution in [2.45, 2.75) is 19.4 Å². The van der Waals surface area contributed by atoms with Crippen molar-refractivity contribution in [1.29, 1.82) is 0 Å². The van der Waals surface area contributed by atoms with Gasteiger partial charge < -0.3 is 10.2 Å². The molecule has 3 rings (SSSR count). The van der Waals surface area contributed by atoms with E-state index in [2.05, 4.69) is 34.0 Å². The molecule has 2 aromatic carbocycles. The molecule has 1 heterocycles. The Balaban J connectivity index is 1.74. The first-order valence-corrected chi connectivity index (χ1v) is 8.14. The molecule has 1 N–H and O–H groups in total. The Bertz CT molecular complexity index is 671. The zero-order valence-corrected chi connectivity index (χ0v) is 14.0. The number of benzene rings is 2. The van der Waals surface area contributed by atoms with E-state index in [4.69, 9.17) is 0 Å². The van der Waals surface area contributed by atoms with Crippen LogP contribution >= 0.6 is 22.6 Å². The van der Waals surface area contributed by atoms with Crippen LogP contribution in [0.2, 0.25) is 0 Å². The zero-order valence-electron chi connectivity index (χ0n) is 11.8. The van der Waals surface area contributed by atoms with Gasteiger partial charge in [-0.25, -0.2) is 0 Å². The fourth-order valence-electron chi connectivity index (χ4n) is 2.69. The highest BCUT2D eigenvalue weighted by molar-refractivity contribution is 14.1. The van der Waals surface area contributed by atoms with Gasteiger partial charge in [-0.1, -0.05) is 24.3 Å². The monoisotopic (exact) mass is 392 g/mol. The largest absolute Gasteiger partial charge is 0.374 e. The Labute approximate surface area is 138 Å². The van der Waals surface area contributed by atoms with E-state index in [-0.39, 0.29) is 11.9 Å². The summed E-state index contributed by atoms with van der Waals surface area (Å²) < 4.78 is 1.16. The molecule has 4 heteroatoms. The molecule has 0 radical (unpaired) electrons. The lowest BCUT2D eigenvalue weighted by Gasteiger charge is -2.23. The maximum absolute atomic E-state index is 12.7. The average molecular weight is 392 g/mol. The fraction of sp³-hybridized carbons (Fsp3) is 0.235. The number of anilines is 2. The third-order valence-electron chi connectivity index (χ3n) is 3.73. The number of rotatable bonds is 3. The van der Waals surface area contributed by atoms with Crippen molar-refractivity contribution in [3.05, 3.63) is 57.7 Å². The predicted molar refractivity (Wildman–Crippen MR) is 94.7 cm³/mol. The maximum Gasteiger partial charge on any atom is 0.249 e. The second-order valence-corrected chi connectivity index (χ2v) is 6.49. The lowest BCUT2D eigenvalue weighted by molar-refractivity contribution is -0.118. The van der Waals surface area contributed by atoms with Gasteiger partial charge in [0.2, 0.25) is 5.91 Å². The molecule has 0 saturated heterocycles. The van der Waals surface area contributed by atoms with Gasteiger partial charge in [-0.05, 0) is 65.8 Å². The molecule has 0 spiro atoms. The molecule has 0 unspecified atom stereocenters. The number of halogens is 1. The third-order valence-corrected chi connectivity index (χ3v) is 4.40. The smallest absolute Gasteiger partial charge is 0.249 e. The van der Waals surface area contributed by atoms with Crippen molar-refractivity contribution in [3.63, 3.8) is 0 Å². The zero-order chi connectivity index (χ0) is 14.8. The number of nitrogens with one attached hydrogen (secondary N) is 1. The van der Waals surface area contributed by atoms with Crippen LogP contribution in [0.1, 0.15) is 12.5 Å². The van der Waals surface area contributed by atoms with Crippen molar-refractivity contribution in [2.24, 2.45) is 0 Å². The molecule has 0 fully saturated rings. The lowest BCUT2D eigenvalue weighted by atomic mass is 10.2. The molecule has 0 bridgehead atoms. The highest BCUT2D eigenvalue weighted by atomic mass is 127. The Morgan fingerprint density at radius 3 is 2.86 bits per heavy atom. The van der Waals surface area contributed by atoms with Crippen molar-refractivity contribution in [2.75, 3.05) is 16.8 Å². The number of fused-ring (bicyclic) bond motifs is 1. The van der Waals surface area contributed by atoms with Gasteiger partial charge in [0.25, 0.3) is 0 Å². The molecule has 1 aliphatic heterocycles. The topological polar surface area (TPSA) is 32.3 Å². The number of hydrogen-bond acceptors (Lipinski definition) is 2. The Morgan fingerprint density at radius 2 is 2.05 bits per heavy atom. The Hall–Kier alpha value is -1.56. The molecular weight excluding hydrogens is 375 g/mol. The van der Waals surface area contributed by atoms with Gasteiger partial charge in [-0.3, -0.25) is 4.79 Å². The van der Waals surface area contributed by atoms with Gasteiger partial charge >= 0.3 is 0 Å². The molecule has 108 valence electrons. The first-order valence-electron chi connectivity index (χ1n) is 7.06. The summed E-state index contributed by atoms with van der Waals surface area (Å²) in [6, 6.07) is 16.0. The molecule has 1 amide bonds. The number of amides is 1. The van der Waals surface area contributed by atoms with Crippen LogP contribution in [-0.2, 0) is 11.2 Å². The molecule has 1 atom stereocenters. The van der Waals surface area contributed by atoms with Crippen LogP contribution in [0.4, 0.5) is 11.4 Å². The van der Waals surface area contributed by atoms with Gasteiger partial charge in [-0.15, -0.1) is 0 Å². The normalized spacial score (nSPS) is 14.7. The second kappa shape index (κ2) is 6.05. The van der Waals surface area contributed by atoms with Crippen LogP contribution in [0.3, 0.4) is 0 Å². The van der Waals surface area contributed by atoms with Gasteiger partial charge in [0.1, 0.15) is 6.04 Å². The SMILES string of the molecule is C[C@H](Nc1cccc(I)c1)C(=O)N1CCc2ccccc21. The Kier molecular flexibility index (Phi) is 4.14. The number of carbonyl (C=O) groups excluding carboxylic acids is 1. The van der Waals surface area contributed by atoms with E-state index in [1.165, 1.54) is 5.56 Å². The standard InChI is InChI=1S/C17H17IN2O/c1-12(19-15-7-4-6-14(18)11-15)17(21)20-10-9-13-5-2-3-8-16(13)20/h2-8,11-12,19H,9-10H2,1H3/t12-/m0/s1. The highest BCUT2D eigenvalue weighted by Crippen LogP contribution is 2.28. The van der Waals surface area contributed by atoms with Gasteiger partial charge in [0.15, 0.2) is 0 Å². The average Bonchev–Trinajstić information content (AvgIpc) is 2.90. The molecule has 21 heavy (non-hydrogen) atoms. The minimum Gasteiger partial charge on any atom is -0.374 e. The number of carbonyl (C=O) groups is 1. The van der Waals surface area contributed by atoms with Gasteiger partial charge in [0.05, 0.1) is 0 Å². The van der Waals surface area contributed by atoms with E-state index in [0.29, 0.717) is 0 Å². The summed E-state index contributed by atoms with van der Waals surface area (Å²) in [5.74, 6) is 0.124. The summed E-state index contributed by atoms with van der Waals surface area (Å²) in [4.78, 5) is 14.5. The van der Waals surface area contributed by atoms with Crippen LogP contribution in [0.25, 0.3) is 0 Å². The van der Waals surface area contributed by atoms with Crippen LogP contribution in [0.15, 0.2) is 48.5 Å². The van der Waals surface area contributed by atoms with Gasteiger partial charge in [0, 0.05) is 21.5 Å². The number of hydrogen-bond donors (Lipinski definition) is 1. The van der Waals surface area contributed by atoms with Crippen molar-refractivity contribution >= 4 is 39.9 Å². The van der Waals surface area contributed by atoms with Crippen LogP contribution < -0.4 is 10.2 Å². The first kappa shape index (κ1) is 14.4. The van der Waals surface area contributed by atoms with Crippen LogP contribution in [0.5, 0.6) is 0 Å². The number of nitrogens with zero attached hydrogens (tertiary/aromatic N) is 1. The van der Waals surface area contributed by atoms with E-state index in [0.717, 1.165) is 27.9 Å². The molecular formula is C17H17IN2O. The second-order valence-electron chi connectivity index (χ2n) is 5.24. The van der Waals surface area contributed by atoms with E-state index >= 15 is 0 Å². The maximum atomic E-state index is 12.7. The molecule has 0 aromatic heterocycles. The van der Waals surface area contributed by atoms with Crippen LogP contribution in [-0.4, -0.2) is 18.5 Å². The minimum absolute atomic E-state index is 0.124. The fourth-order valence-corrected chi connectivity index (χ4v) is 3.23. The van der Waals surface area contributed by atoms with Crippen molar-refractivity contribution in [3.8, 4) is 0 Å². The summed E-state index contributed by atoms with van der Waals surface area (Å²) in [5, 5.41) is 3.29. The lowest BCUT2D eigenvalue weighted by Crippen LogP contribution is -2.40. The van der Waals surface area contributed by atoms with Gasteiger partial charge in [-0.2, -0.15) is 0 Å². The molecule has 3 nitrogen and oxygen atoms in total. The van der Waals surface area contributed by atoms with Crippen molar-refractivity contribution < 1.29 is 4.79 Å². The molecule has 1 aliphatic rings. The predicted octanol–water partition coefficient (Wildman–Crippen LogP) is 3.68. The van der Waals surface area contributed by atoms with E-state index in [9.17, 15) is 4.79 Å². The first-order chi connectivity index (χ1) is 10.1. The van der Waals surface area contributed by atoms with E-state index in [1.807, 2.05) is 54.3 Å². The summed E-state index contributed by atoms with van der Waals surface area (Å²) in [7, 11) is 0. The summed E-state index contributed by atoms with van der Waals surface area (Å²) in [6.07, 6.45) is 0.942. The van der Waals surface area contributed by atoms with E-state index < -0.39 is 0 Å². The van der Waals surface area contributed by atoms with E-state index in [1.54, 1.807) is 0 Å². The quantitative estimate of drug-likeness (QED) is 0.809. The van der Waals surface area contributed by atoms with Crippen molar-refractivity contribution in [1.82, 2.24) is 0 Å². The highest BCUT2D eigenvalue weighted by Gasteiger charge is 2.27. The summed E-state index contributed by atoms with van der Waals surface area (Å²) in [6.45, 7) is 2.69. The Morgan fingerprint density at radius 1 is 1.24 bits per heavy atom. The summed E-state index contributed by atoms with van der Waals surface area (Å²) >= 11 is 2.27. The minimum atomic E-state index is -0.241. The number of para-hydroxylation sites is 1. The summed E-state index contributed by atoms with van der Waals surface area (Å²) in [5.41, 5.74) is 3.29. The third kappa shape index (κ3) is 3.05.